The van der Waals surface area contributed by atoms with E-state index in [9.17, 15) is 13.2 Å². The molecule has 1 heterocycles. The third-order valence-corrected chi connectivity index (χ3v) is 6.28. The second-order valence-corrected chi connectivity index (χ2v) is 9.23. The minimum Gasteiger partial charge on any atom is -0.383 e. The Morgan fingerprint density at radius 2 is 1.94 bits per heavy atom. The van der Waals surface area contributed by atoms with Crippen molar-refractivity contribution in [1.82, 2.24) is 14.2 Å². The average Bonchev–Trinajstić information content (AvgIpc) is 3.14. The van der Waals surface area contributed by atoms with E-state index in [0.29, 0.717) is 5.69 Å². The van der Waals surface area contributed by atoms with Gasteiger partial charge in [0.25, 0.3) is 5.91 Å². The number of fused-ring (bicyclic) bond motifs is 1. The summed E-state index contributed by atoms with van der Waals surface area (Å²) in [7, 11) is 1.85. The van der Waals surface area contributed by atoms with Crippen molar-refractivity contribution in [3.63, 3.8) is 0 Å². The lowest BCUT2D eigenvalue weighted by Crippen LogP contribution is -2.27. The van der Waals surface area contributed by atoms with Crippen LogP contribution in [0.3, 0.4) is 0 Å². The number of rotatable bonds is 10. The minimum absolute atomic E-state index is 0.0321. The summed E-state index contributed by atoms with van der Waals surface area (Å²) in [5.74, 6) is -0.375. The van der Waals surface area contributed by atoms with Crippen molar-refractivity contribution in [1.29, 1.82) is 0 Å². The van der Waals surface area contributed by atoms with Crippen LogP contribution < -0.4 is 10.0 Å². The van der Waals surface area contributed by atoms with Crippen LogP contribution in [0.2, 0.25) is 0 Å². The predicted octanol–water partition coefficient (Wildman–Crippen LogP) is 2.38. The maximum Gasteiger partial charge on any atom is 0.255 e. The topological polar surface area (TPSA) is 92.7 Å². The van der Waals surface area contributed by atoms with Crippen LogP contribution >= 0.6 is 0 Å². The molecule has 31 heavy (non-hydrogen) atoms. The number of likely N-dealkylation sites (N-methyl/N-ethyl adjacent to an activating group) is 1. The summed E-state index contributed by atoms with van der Waals surface area (Å²) in [5.41, 5.74) is 2.00. The number of amides is 1. The maximum absolute atomic E-state index is 12.7. The molecule has 8 nitrogen and oxygen atoms in total. The van der Waals surface area contributed by atoms with Gasteiger partial charge in [-0.25, -0.2) is 13.1 Å². The zero-order valence-corrected chi connectivity index (χ0v) is 18.8. The van der Waals surface area contributed by atoms with Crippen LogP contribution in [0.5, 0.6) is 0 Å². The highest BCUT2D eigenvalue weighted by atomic mass is 32.2. The Labute approximate surface area is 182 Å². The second kappa shape index (κ2) is 10.1. The van der Waals surface area contributed by atoms with Gasteiger partial charge in [-0.3, -0.25) is 4.79 Å². The third-order valence-electron chi connectivity index (χ3n) is 4.82. The fraction of sp³-hybridized carbons (Fsp3) is 0.318. The highest BCUT2D eigenvalue weighted by molar-refractivity contribution is 7.89. The van der Waals surface area contributed by atoms with Gasteiger partial charge in [0, 0.05) is 55.1 Å². The molecule has 0 aliphatic carbocycles. The number of aromatic nitrogens is 1. The van der Waals surface area contributed by atoms with Crippen LogP contribution in [0.1, 0.15) is 10.4 Å². The van der Waals surface area contributed by atoms with E-state index >= 15 is 0 Å². The molecule has 3 aromatic rings. The van der Waals surface area contributed by atoms with Crippen molar-refractivity contribution in [2.75, 3.05) is 46.2 Å². The molecule has 0 saturated heterocycles. The van der Waals surface area contributed by atoms with E-state index in [1.54, 1.807) is 12.1 Å². The first-order chi connectivity index (χ1) is 14.8. The third kappa shape index (κ3) is 5.92. The lowest BCUT2D eigenvalue weighted by molar-refractivity contribution is 0.102. The van der Waals surface area contributed by atoms with Gasteiger partial charge in [0.2, 0.25) is 10.0 Å². The summed E-state index contributed by atoms with van der Waals surface area (Å²) in [5, 5.41) is 3.87. The van der Waals surface area contributed by atoms with E-state index < -0.39 is 10.0 Å². The van der Waals surface area contributed by atoms with E-state index in [4.69, 9.17) is 4.74 Å². The summed E-state index contributed by atoms with van der Waals surface area (Å²) in [6.45, 7) is 2.23. The van der Waals surface area contributed by atoms with Crippen molar-refractivity contribution in [3.05, 3.63) is 60.3 Å². The highest BCUT2D eigenvalue weighted by Gasteiger charge is 2.16. The fourth-order valence-corrected chi connectivity index (χ4v) is 4.21. The number of hydrogen-bond donors (Lipinski definition) is 2. The zero-order valence-electron chi connectivity index (χ0n) is 18.0. The van der Waals surface area contributed by atoms with E-state index in [1.165, 1.54) is 19.2 Å². The zero-order chi connectivity index (χ0) is 22.4. The second-order valence-electron chi connectivity index (χ2n) is 7.46. The molecule has 0 unspecified atom stereocenters. The summed E-state index contributed by atoms with van der Waals surface area (Å²) in [6.07, 6.45) is 2.03. The molecule has 0 atom stereocenters. The van der Waals surface area contributed by atoms with Crippen LogP contribution in [0.15, 0.2) is 59.6 Å². The smallest absolute Gasteiger partial charge is 0.255 e. The molecule has 166 valence electrons. The molecule has 9 heteroatoms. The monoisotopic (exact) mass is 444 g/mol. The van der Waals surface area contributed by atoms with E-state index in [2.05, 4.69) is 19.5 Å². The van der Waals surface area contributed by atoms with Crippen molar-refractivity contribution in [2.45, 2.75) is 11.4 Å². The molecule has 1 aromatic heterocycles. The number of carbonyl (C=O) groups is 1. The number of sulfonamides is 1. The van der Waals surface area contributed by atoms with Crippen molar-refractivity contribution < 1.29 is 17.9 Å². The van der Waals surface area contributed by atoms with E-state index in [1.807, 2.05) is 44.6 Å². The fourth-order valence-electron chi connectivity index (χ4n) is 3.15. The van der Waals surface area contributed by atoms with Gasteiger partial charge < -0.3 is 19.5 Å². The molecule has 2 aromatic carbocycles. The molecule has 0 aliphatic rings. The van der Waals surface area contributed by atoms with Crippen LogP contribution in [0.25, 0.3) is 10.9 Å². The molecule has 0 radical (unpaired) electrons. The minimum atomic E-state index is -3.72. The van der Waals surface area contributed by atoms with Crippen LogP contribution in [0, 0.1) is 0 Å². The maximum atomic E-state index is 12.7. The molecule has 0 aliphatic heterocycles. The standard InChI is InChI=1S/C22H28N4O4S/c1-25(2)12-13-26-11-9-17-15-19(7-8-21(17)26)24-22(27)18-5-4-6-20(16-18)31(28,29)23-10-14-30-3/h4-9,11,15-16,23H,10,12-14H2,1-3H3,(H,24,27). The van der Waals surface area contributed by atoms with Gasteiger partial charge in [-0.05, 0) is 56.6 Å². The SMILES string of the molecule is COCCNS(=O)(=O)c1cccc(C(=O)Nc2ccc3c(ccn3CCN(C)C)c2)c1. The van der Waals surface area contributed by atoms with Gasteiger partial charge >= 0.3 is 0 Å². The molecular weight excluding hydrogens is 416 g/mol. The number of methoxy groups -OCH3 is 1. The number of carbonyl (C=O) groups excluding carboxylic acids is 1. The molecular formula is C22H28N4O4S. The first-order valence-electron chi connectivity index (χ1n) is 9.94. The quantitative estimate of drug-likeness (QED) is 0.469. The van der Waals surface area contributed by atoms with E-state index in [-0.39, 0.29) is 29.5 Å². The Morgan fingerprint density at radius 3 is 2.68 bits per heavy atom. The molecule has 1 amide bonds. The molecule has 0 fully saturated rings. The summed E-state index contributed by atoms with van der Waals surface area (Å²) < 4.78 is 34.2. The first kappa shape index (κ1) is 23.0. The van der Waals surface area contributed by atoms with Crippen molar-refractivity contribution >= 4 is 32.5 Å². The Kier molecular flexibility index (Phi) is 7.45. The Bertz CT molecular complexity index is 1160. The van der Waals surface area contributed by atoms with Crippen molar-refractivity contribution in [2.24, 2.45) is 0 Å². The van der Waals surface area contributed by atoms with Crippen LogP contribution in [0.4, 0.5) is 5.69 Å². The van der Waals surface area contributed by atoms with Gasteiger partial charge in [-0.15, -0.1) is 0 Å². The lowest BCUT2D eigenvalue weighted by Gasteiger charge is -2.12. The predicted molar refractivity (Wildman–Crippen MR) is 122 cm³/mol. The number of anilines is 1. The lowest BCUT2D eigenvalue weighted by atomic mass is 10.2. The summed E-state index contributed by atoms with van der Waals surface area (Å²) in [4.78, 5) is 14.9. The highest BCUT2D eigenvalue weighted by Crippen LogP contribution is 2.21. The number of nitrogens with one attached hydrogen (secondary N) is 2. The molecule has 0 bridgehead atoms. The summed E-state index contributed by atoms with van der Waals surface area (Å²) >= 11 is 0. The Hall–Kier alpha value is -2.72. The number of nitrogens with zero attached hydrogens (tertiary/aromatic N) is 2. The van der Waals surface area contributed by atoms with Crippen LogP contribution in [-0.2, 0) is 21.3 Å². The molecule has 2 N–H and O–H groups in total. The van der Waals surface area contributed by atoms with E-state index in [0.717, 1.165) is 24.0 Å². The van der Waals surface area contributed by atoms with Gasteiger partial charge in [-0.2, -0.15) is 0 Å². The largest absolute Gasteiger partial charge is 0.383 e. The normalized spacial score (nSPS) is 11.9. The first-order valence-corrected chi connectivity index (χ1v) is 11.4. The number of benzene rings is 2. The Morgan fingerprint density at radius 1 is 1.13 bits per heavy atom. The van der Waals surface area contributed by atoms with Crippen molar-refractivity contribution in [3.8, 4) is 0 Å². The number of hydrogen-bond acceptors (Lipinski definition) is 5. The average molecular weight is 445 g/mol. The van der Waals surface area contributed by atoms with Crippen LogP contribution in [-0.4, -0.2) is 64.7 Å². The van der Waals surface area contributed by atoms with Gasteiger partial charge in [0.15, 0.2) is 0 Å². The molecule has 0 saturated carbocycles. The molecule has 3 rings (SSSR count). The van der Waals surface area contributed by atoms with Gasteiger partial charge in [0.05, 0.1) is 11.5 Å². The van der Waals surface area contributed by atoms with Gasteiger partial charge in [0.1, 0.15) is 0 Å². The van der Waals surface area contributed by atoms with Gasteiger partial charge in [-0.1, -0.05) is 6.07 Å². The Balaban J connectivity index is 1.73. The molecule has 0 spiro atoms. The number of ether oxygens (including phenoxy) is 1. The summed E-state index contributed by atoms with van der Waals surface area (Å²) in [6, 6.07) is 13.7.